The molecule has 1 atom stereocenters. The number of benzene rings is 3. The van der Waals surface area contributed by atoms with Crippen molar-refractivity contribution in [3.8, 4) is 23.2 Å². The number of aromatic carboxylic acids is 1. The van der Waals surface area contributed by atoms with E-state index in [2.05, 4.69) is 51.7 Å². The highest BCUT2D eigenvalue weighted by molar-refractivity contribution is 8.00. The Labute approximate surface area is 293 Å². The van der Waals surface area contributed by atoms with E-state index in [0.717, 1.165) is 23.0 Å². The molecule has 2 N–H and O–H groups in total. The topological polar surface area (TPSA) is 154 Å². The maximum atomic E-state index is 13.3. The number of hydrogen-bond acceptors (Lipinski definition) is 10. The molecule has 3 heterocycles. The van der Waals surface area contributed by atoms with Crippen LogP contribution in [0.3, 0.4) is 0 Å². The number of aryl methyl sites for hydroxylation is 2. The molecule has 6 rings (SSSR count). The van der Waals surface area contributed by atoms with Gasteiger partial charge in [0.25, 0.3) is 0 Å². The first-order valence-electron chi connectivity index (χ1n) is 15.9. The number of rotatable bonds is 11. The van der Waals surface area contributed by atoms with Crippen LogP contribution in [-0.2, 0) is 9.48 Å². The quantitative estimate of drug-likeness (QED) is 0.125. The molecule has 3 aromatic carbocycles. The molecule has 0 spiro atoms. The first kappa shape index (κ1) is 34.3. The summed E-state index contributed by atoms with van der Waals surface area (Å²) in [6, 6.07) is 29.9. The first-order chi connectivity index (χ1) is 23.9. The van der Waals surface area contributed by atoms with Gasteiger partial charge in [-0.1, -0.05) is 91.0 Å². The van der Waals surface area contributed by atoms with Crippen molar-refractivity contribution in [3.05, 3.63) is 137 Å². The average Bonchev–Trinajstić information content (AvgIpc) is 3.83. The van der Waals surface area contributed by atoms with Gasteiger partial charge in [0, 0.05) is 5.75 Å². The lowest BCUT2D eigenvalue weighted by Gasteiger charge is -2.36. The van der Waals surface area contributed by atoms with Crippen LogP contribution in [0.15, 0.2) is 111 Å². The normalized spacial score (nSPS) is 12.4. The molecule has 0 aliphatic heterocycles. The summed E-state index contributed by atoms with van der Waals surface area (Å²) in [5, 5.41) is 12.3. The van der Waals surface area contributed by atoms with Gasteiger partial charge in [-0.3, -0.25) is 0 Å². The molecule has 50 heavy (non-hydrogen) atoms. The SMILES string of the molecule is Cc1oc(-c2nc(C(CSC(c3ccccc3)(c3ccccc3)c3ccccc3)NC(=O)OC(C)(C)C)oc2C)nc1-c1nc(C(=O)O)co1. The Balaban J connectivity index is 1.40. The molecule has 1 amide bonds. The molecule has 11 nitrogen and oxygen atoms in total. The molecule has 0 radical (unpaired) electrons. The number of oxazole rings is 3. The summed E-state index contributed by atoms with van der Waals surface area (Å²) in [5.41, 5.74) is 2.71. The van der Waals surface area contributed by atoms with Crippen molar-refractivity contribution in [2.24, 2.45) is 0 Å². The van der Waals surface area contributed by atoms with Crippen LogP contribution in [0.2, 0.25) is 0 Å². The van der Waals surface area contributed by atoms with E-state index >= 15 is 0 Å². The first-order valence-corrected chi connectivity index (χ1v) is 16.9. The van der Waals surface area contributed by atoms with Gasteiger partial charge < -0.3 is 28.4 Å². The zero-order valence-electron chi connectivity index (χ0n) is 28.2. The van der Waals surface area contributed by atoms with Crippen LogP contribution in [0.4, 0.5) is 4.79 Å². The number of carboxylic acids is 1. The fourth-order valence-corrected chi connectivity index (χ4v) is 7.09. The largest absolute Gasteiger partial charge is 0.476 e. The molecule has 3 aromatic heterocycles. The smallest absolute Gasteiger partial charge is 0.408 e. The number of carbonyl (C=O) groups is 2. The maximum Gasteiger partial charge on any atom is 0.408 e. The van der Waals surface area contributed by atoms with Gasteiger partial charge in [0.15, 0.2) is 17.1 Å². The minimum atomic E-state index is -1.23. The summed E-state index contributed by atoms with van der Waals surface area (Å²) in [6.07, 6.45) is 0.410. The lowest BCUT2D eigenvalue weighted by Crippen LogP contribution is -2.37. The van der Waals surface area contributed by atoms with Crippen molar-refractivity contribution in [2.75, 3.05) is 5.75 Å². The molecular weight excluding hydrogens is 657 g/mol. The second kappa shape index (κ2) is 14.1. The van der Waals surface area contributed by atoms with E-state index in [4.69, 9.17) is 23.0 Å². The fraction of sp³-hybridized carbons (Fsp3) is 0.237. The zero-order chi connectivity index (χ0) is 35.5. The van der Waals surface area contributed by atoms with Gasteiger partial charge in [0.05, 0.1) is 4.75 Å². The third-order valence-corrected chi connectivity index (χ3v) is 9.37. The van der Waals surface area contributed by atoms with Crippen molar-refractivity contribution in [3.63, 3.8) is 0 Å². The number of nitrogens with one attached hydrogen (secondary N) is 1. The monoisotopic (exact) mass is 692 g/mol. The number of nitrogens with zero attached hydrogens (tertiary/aromatic N) is 3. The van der Waals surface area contributed by atoms with Gasteiger partial charge in [0.2, 0.25) is 17.7 Å². The van der Waals surface area contributed by atoms with Gasteiger partial charge in [0.1, 0.15) is 29.4 Å². The van der Waals surface area contributed by atoms with Crippen LogP contribution >= 0.6 is 11.8 Å². The number of carbonyl (C=O) groups excluding carboxylic acids is 1. The summed E-state index contributed by atoms with van der Waals surface area (Å²) in [6.45, 7) is 8.77. The number of aromatic nitrogens is 3. The predicted octanol–water partition coefficient (Wildman–Crippen LogP) is 8.59. The highest BCUT2D eigenvalue weighted by atomic mass is 32.2. The minimum absolute atomic E-state index is 0.00350. The summed E-state index contributed by atoms with van der Waals surface area (Å²) in [5.74, 6) is 0.179. The molecule has 12 heteroatoms. The Kier molecular flexibility index (Phi) is 9.65. The minimum Gasteiger partial charge on any atom is -0.476 e. The number of amides is 1. The van der Waals surface area contributed by atoms with Gasteiger partial charge in [-0.25, -0.2) is 24.5 Å². The summed E-state index contributed by atoms with van der Waals surface area (Å²) >= 11 is 1.63. The third kappa shape index (κ3) is 7.20. The van der Waals surface area contributed by atoms with Crippen LogP contribution in [0.25, 0.3) is 23.2 Å². The summed E-state index contributed by atoms with van der Waals surface area (Å²) in [7, 11) is 0. The number of alkyl carbamates (subject to hydrolysis) is 1. The van der Waals surface area contributed by atoms with Crippen molar-refractivity contribution >= 4 is 23.8 Å². The second-order valence-electron chi connectivity index (χ2n) is 12.5. The Bertz CT molecular complexity index is 1990. The van der Waals surface area contributed by atoms with Crippen molar-refractivity contribution in [2.45, 2.75) is 51.0 Å². The number of ether oxygens (including phenoxy) is 1. The maximum absolute atomic E-state index is 13.3. The van der Waals surface area contributed by atoms with Gasteiger partial charge in [-0.2, -0.15) is 0 Å². The number of carboxylic acid groups (broad SMARTS) is 1. The molecule has 0 fully saturated rings. The summed E-state index contributed by atoms with van der Waals surface area (Å²) < 4.78 is 22.5. The lowest BCUT2D eigenvalue weighted by atomic mass is 9.84. The molecule has 0 aliphatic carbocycles. The molecule has 1 unspecified atom stereocenters. The van der Waals surface area contributed by atoms with Crippen LogP contribution in [0.1, 0.15) is 71.4 Å². The molecule has 0 aliphatic rings. The Morgan fingerprint density at radius 3 is 1.80 bits per heavy atom. The number of thioether (sulfide) groups is 1. The number of hydrogen-bond donors (Lipinski definition) is 2. The Hall–Kier alpha value is -5.62. The van der Waals surface area contributed by atoms with Crippen LogP contribution in [0.5, 0.6) is 0 Å². The van der Waals surface area contributed by atoms with E-state index in [1.54, 1.807) is 46.4 Å². The standard InChI is InChI=1S/C38H36N4O7S/c1-23-30(33-39-28(21-46-33)35(43)44)42-34(48-23)31-24(2)47-32(41-31)29(40-36(45)49-37(3,4)5)22-50-38(25-15-9-6-10-16-25,26-17-11-7-12-18-26)27-19-13-8-14-20-27/h6-21,29H,22H2,1-5H3,(H,40,45)(H,43,44). The third-order valence-electron chi connectivity index (χ3n) is 7.73. The molecule has 0 saturated heterocycles. The van der Waals surface area contributed by atoms with Gasteiger partial charge >= 0.3 is 12.1 Å². The van der Waals surface area contributed by atoms with Crippen molar-refractivity contribution in [1.29, 1.82) is 0 Å². The van der Waals surface area contributed by atoms with Crippen molar-refractivity contribution < 1.29 is 32.7 Å². The van der Waals surface area contributed by atoms with E-state index in [1.807, 2.05) is 54.6 Å². The van der Waals surface area contributed by atoms with E-state index in [-0.39, 0.29) is 29.1 Å². The van der Waals surface area contributed by atoms with E-state index in [9.17, 15) is 14.7 Å². The van der Waals surface area contributed by atoms with Gasteiger partial charge in [-0.15, -0.1) is 11.8 Å². The highest BCUT2D eigenvalue weighted by Gasteiger charge is 2.39. The van der Waals surface area contributed by atoms with Gasteiger partial charge in [-0.05, 0) is 51.3 Å². The predicted molar refractivity (Wildman–Crippen MR) is 188 cm³/mol. The molecule has 256 valence electrons. The lowest BCUT2D eigenvalue weighted by molar-refractivity contribution is 0.0501. The zero-order valence-corrected chi connectivity index (χ0v) is 29.0. The molecule has 0 saturated carbocycles. The second-order valence-corrected chi connectivity index (χ2v) is 13.7. The average molecular weight is 693 g/mol. The Morgan fingerprint density at radius 1 is 0.780 bits per heavy atom. The van der Waals surface area contributed by atoms with Crippen molar-refractivity contribution in [1.82, 2.24) is 20.3 Å². The Morgan fingerprint density at radius 2 is 1.30 bits per heavy atom. The molecular formula is C38H36N4O7S. The molecule has 0 bridgehead atoms. The summed E-state index contributed by atoms with van der Waals surface area (Å²) in [4.78, 5) is 37.9. The van der Waals surface area contributed by atoms with Crippen LogP contribution < -0.4 is 5.32 Å². The van der Waals surface area contributed by atoms with E-state index in [1.165, 1.54) is 0 Å². The fourth-order valence-electron chi connectivity index (χ4n) is 5.54. The molecule has 6 aromatic rings. The van der Waals surface area contributed by atoms with E-state index < -0.39 is 28.5 Å². The van der Waals surface area contributed by atoms with Crippen LogP contribution in [-0.4, -0.2) is 43.5 Å². The van der Waals surface area contributed by atoms with E-state index in [0.29, 0.717) is 23.0 Å². The highest BCUT2D eigenvalue weighted by Crippen LogP contribution is 2.49. The van der Waals surface area contributed by atoms with Crippen LogP contribution in [0, 0.1) is 13.8 Å².